The van der Waals surface area contributed by atoms with Gasteiger partial charge in [0.1, 0.15) is 17.1 Å². The van der Waals surface area contributed by atoms with Gasteiger partial charge >= 0.3 is 5.97 Å². The number of rotatable bonds is 4. The van der Waals surface area contributed by atoms with Gasteiger partial charge in [-0.25, -0.2) is 9.18 Å². The maximum atomic E-state index is 14.9. The van der Waals surface area contributed by atoms with E-state index in [1.807, 2.05) is 11.5 Å². The summed E-state index contributed by atoms with van der Waals surface area (Å²) in [6, 6.07) is 9.93. The molecule has 0 saturated heterocycles. The molecule has 144 valence electrons. The van der Waals surface area contributed by atoms with E-state index >= 15 is 0 Å². The Labute approximate surface area is 165 Å². The molecule has 5 nitrogen and oxygen atoms in total. The first-order chi connectivity index (χ1) is 13.5. The lowest BCUT2D eigenvalue weighted by Crippen LogP contribution is -2.29. The monoisotopic (exact) mass is 399 g/mol. The van der Waals surface area contributed by atoms with E-state index in [0.717, 1.165) is 0 Å². The highest BCUT2D eigenvalue weighted by Gasteiger charge is 2.33. The number of methoxy groups -OCH3 is 1. The molecule has 0 saturated carbocycles. The van der Waals surface area contributed by atoms with E-state index in [1.165, 1.54) is 17.8 Å². The van der Waals surface area contributed by atoms with Crippen LogP contribution in [0.15, 0.2) is 46.2 Å². The molecular formula is C21H18FNO4S. The number of carbonyl (C=O) groups excluding carboxylic acids is 1. The molecule has 0 fully saturated rings. The lowest BCUT2D eigenvalue weighted by atomic mass is 10.0. The number of hydrogen-bond acceptors (Lipinski definition) is 5. The van der Waals surface area contributed by atoms with Crippen molar-refractivity contribution in [2.75, 3.05) is 13.7 Å². The van der Waals surface area contributed by atoms with Crippen LogP contribution in [-0.4, -0.2) is 24.3 Å². The molecule has 3 aromatic rings. The summed E-state index contributed by atoms with van der Waals surface area (Å²) in [5, 5.41) is 0.768. The van der Waals surface area contributed by atoms with E-state index in [2.05, 4.69) is 0 Å². The minimum absolute atomic E-state index is 0.0194. The minimum atomic E-state index is -0.669. The highest BCUT2D eigenvalue weighted by Crippen LogP contribution is 2.46. The van der Waals surface area contributed by atoms with Gasteiger partial charge in [-0.05, 0) is 43.7 Å². The van der Waals surface area contributed by atoms with E-state index in [0.29, 0.717) is 27.4 Å². The Hall–Kier alpha value is -2.80. The summed E-state index contributed by atoms with van der Waals surface area (Å²) in [5.74, 6) is -0.517. The van der Waals surface area contributed by atoms with Crippen LogP contribution < -0.4 is 10.2 Å². The van der Waals surface area contributed by atoms with Gasteiger partial charge in [0.05, 0.1) is 29.6 Å². The van der Waals surface area contributed by atoms with Crippen LogP contribution in [0.4, 0.5) is 4.39 Å². The molecule has 0 spiro atoms. The topological polar surface area (TPSA) is 57.5 Å². The predicted octanol–water partition coefficient (Wildman–Crippen LogP) is 4.62. The van der Waals surface area contributed by atoms with Gasteiger partial charge in [-0.3, -0.25) is 4.79 Å². The van der Waals surface area contributed by atoms with Crippen LogP contribution in [0.1, 0.15) is 29.6 Å². The van der Waals surface area contributed by atoms with Crippen LogP contribution in [0.5, 0.6) is 5.75 Å². The fourth-order valence-corrected chi connectivity index (χ4v) is 4.57. The molecule has 0 amide bonds. The van der Waals surface area contributed by atoms with Crippen LogP contribution in [0.25, 0.3) is 22.0 Å². The molecule has 28 heavy (non-hydrogen) atoms. The summed E-state index contributed by atoms with van der Waals surface area (Å²) < 4.78 is 27.0. The molecule has 1 aliphatic heterocycles. The SMILES string of the molecule is CCOC(=O)c1c2n(c3cc(-c4ccc(OC)cc4)c(F)cc3c1=O)C(C)S2. The Kier molecular flexibility index (Phi) is 4.63. The second kappa shape index (κ2) is 6.98. The van der Waals surface area contributed by atoms with Gasteiger partial charge in [0.25, 0.3) is 0 Å². The molecule has 0 bridgehead atoms. The van der Waals surface area contributed by atoms with Gasteiger partial charge in [0.15, 0.2) is 0 Å². The normalized spacial score (nSPS) is 15.1. The van der Waals surface area contributed by atoms with E-state index in [1.54, 1.807) is 44.4 Å². The average Bonchev–Trinajstić information content (AvgIpc) is 2.68. The number of pyridine rings is 1. The van der Waals surface area contributed by atoms with Crippen molar-refractivity contribution in [3.63, 3.8) is 0 Å². The standard InChI is InChI=1S/C21H18FNO4S/c1-4-27-21(25)18-19(24)15-9-16(22)14(12-5-7-13(26-3)8-6-12)10-17(15)23-11(2)28-20(18)23/h5-11H,4H2,1-3H3. The number of benzene rings is 2. The third-order valence-corrected chi connectivity index (χ3v) is 5.95. The minimum Gasteiger partial charge on any atom is -0.497 e. The van der Waals surface area contributed by atoms with E-state index < -0.39 is 17.2 Å². The van der Waals surface area contributed by atoms with Gasteiger partial charge in [0, 0.05) is 10.9 Å². The number of ether oxygens (including phenoxy) is 2. The number of hydrogen-bond donors (Lipinski definition) is 0. The quantitative estimate of drug-likeness (QED) is 0.600. The summed E-state index contributed by atoms with van der Waals surface area (Å²) >= 11 is 1.43. The molecule has 2 heterocycles. The lowest BCUT2D eigenvalue weighted by molar-refractivity contribution is 0.0518. The zero-order valence-electron chi connectivity index (χ0n) is 15.6. The fourth-order valence-electron chi connectivity index (χ4n) is 3.42. The van der Waals surface area contributed by atoms with Crippen molar-refractivity contribution in [1.29, 1.82) is 0 Å². The summed E-state index contributed by atoms with van der Waals surface area (Å²) in [6.45, 7) is 3.81. The van der Waals surface area contributed by atoms with Crippen molar-refractivity contribution in [3.8, 4) is 16.9 Å². The summed E-state index contributed by atoms with van der Waals surface area (Å²) in [4.78, 5) is 25.2. The number of halogens is 1. The van der Waals surface area contributed by atoms with Crippen LogP contribution >= 0.6 is 11.8 Å². The summed E-state index contributed by atoms with van der Waals surface area (Å²) in [5.41, 5.74) is 1.15. The Morgan fingerprint density at radius 2 is 1.96 bits per heavy atom. The third-order valence-electron chi connectivity index (χ3n) is 4.78. The van der Waals surface area contributed by atoms with Crippen LogP contribution in [0.3, 0.4) is 0 Å². The molecule has 1 atom stereocenters. The third kappa shape index (κ3) is 2.77. The molecule has 1 aromatic heterocycles. The number of nitrogens with zero attached hydrogens (tertiary/aromatic N) is 1. The molecule has 1 aliphatic rings. The molecule has 7 heteroatoms. The number of carbonyl (C=O) groups is 1. The smallest absolute Gasteiger partial charge is 0.344 e. The van der Waals surface area contributed by atoms with E-state index in [-0.39, 0.29) is 22.9 Å². The summed E-state index contributed by atoms with van der Waals surface area (Å²) in [6.07, 6.45) is 0. The highest BCUT2D eigenvalue weighted by atomic mass is 32.2. The first-order valence-electron chi connectivity index (χ1n) is 8.86. The van der Waals surface area contributed by atoms with Crippen LogP contribution in [0.2, 0.25) is 0 Å². The van der Waals surface area contributed by atoms with E-state index in [9.17, 15) is 14.0 Å². The maximum absolute atomic E-state index is 14.9. The molecule has 2 aromatic carbocycles. The molecule has 0 N–H and O–H groups in total. The number of fused-ring (bicyclic) bond motifs is 3. The Balaban J connectivity index is 1.96. The predicted molar refractivity (Wildman–Crippen MR) is 107 cm³/mol. The van der Waals surface area contributed by atoms with Crippen molar-refractivity contribution >= 4 is 28.6 Å². The highest BCUT2D eigenvalue weighted by molar-refractivity contribution is 8.00. The van der Waals surface area contributed by atoms with Gasteiger partial charge in [-0.15, -0.1) is 0 Å². The molecule has 0 aliphatic carbocycles. The Bertz CT molecular complexity index is 1150. The Morgan fingerprint density at radius 3 is 2.57 bits per heavy atom. The Morgan fingerprint density at radius 1 is 1.25 bits per heavy atom. The molecule has 0 radical (unpaired) electrons. The van der Waals surface area contributed by atoms with E-state index in [4.69, 9.17) is 9.47 Å². The second-order valence-corrected chi connectivity index (χ2v) is 7.70. The van der Waals surface area contributed by atoms with Crippen molar-refractivity contribution in [2.24, 2.45) is 0 Å². The fraction of sp³-hybridized carbons (Fsp3) is 0.238. The number of thioether (sulfide) groups is 1. The number of aromatic nitrogens is 1. The van der Waals surface area contributed by atoms with Gasteiger partial charge < -0.3 is 14.0 Å². The molecule has 1 unspecified atom stereocenters. The van der Waals surface area contributed by atoms with Crippen LogP contribution in [-0.2, 0) is 4.74 Å². The van der Waals surface area contributed by atoms with Crippen LogP contribution in [0, 0.1) is 5.82 Å². The van der Waals surface area contributed by atoms with Crippen molar-refractivity contribution < 1.29 is 18.7 Å². The zero-order valence-corrected chi connectivity index (χ0v) is 16.4. The first kappa shape index (κ1) is 18.6. The van der Waals surface area contributed by atoms with Gasteiger partial charge in [0.2, 0.25) is 5.43 Å². The molecule has 4 rings (SSSR count). The second-order valence-electron chi connectivity index (χ2n) is 6.39. The zero-order chi connectivity index (χ0) is 20.0. The van der Waals surface area contributed by atoms with Gasteiger partial charge in [-0.2, -0.15) is 0 Å². The van der Waals surface area contributed by atoms with Gasteiger partial charge in [-0.1, -0.05) is 23.9 Å². The molecular weight excluding hydrogens is 381 g/mol. The number of esters is 1. The lowest BCUT2D eigenvalue weighted by Gasteiger charge is -2.33. The first-order valence-corrected chi connectivity index (χ1v) is 9.74. The summed E-state index contributed by atoms with van der Waals surface area (Å²) in [7, 11) is 1.57. The van der Waals surface area contributed by atoms with Crippen molar-refractivity contribution in [3.05, 3.63) is 58.0 Å². The van der Waals surface area contributed by atoms with Crippen molar-refractivity contribution in [2.45, 2.75) is 24.2 Å². The largest absolute Gasteiger partial charge is 0.497 e. The maximum Gasteiger partial charge on any atom is 0.344 e. The van der Waals surface area contributed by atoms with Crippen molar-refractivity contribution in [1.82, 2.24) is 4.57 Å². The average molecular weight is 399 g/mol.